The Labute approximate surface area is 219 Å². The molecule has 9 heteroatoms. The van der Waals surface area contributed by atoms with Gasteiger partial charge >= 0.3 is 0 Å². The van der Waals surface area contributed by atoms with Crippen LogP contribution in [0, 0.1) is 0 Å². The largest absolute Gasteiger partial charge is 0.351 e. The van der Waals surface area contributed by atoms with Crippen LogP contribution in [0.1, 0.15) is 57.3 Å². The van der Waals surface area contributed by atoms with Gasteiger partial charge in [-0.1, -0.05) is 53.5 Å². The van der Waals surface area contributed by atoms with Gasteiger partial charge in [0.15, 0.2) is 0 Å². The number of halogens is 2. The van der Waals surface area contributed by atoms with Gasteiger partial charge in [-0.15, -0.1) is 0 Å². The van der Waals surface area contributed by atoms with Gasteiger partial charge in [-0.2, -0.15) is 0 Å². The SMILES string of the molecule is O=C(NCc1ccc(CN(Cc2c[nH]cn2)C2CCCc3cccnc32)cc1)c1c(Cl)cncc1Cl. The smallest absolute Gasteiger partial charge is 0.254 e. The maximum atomic E-state index is 12.6. The highest BCUT2D eigenvalue weighted by atomic mass is 35.5. The summed E-state index contributed by atoms with van der Waals surface area (Å²) in [4.78, 5) is 31.2. The number of nitrogens with one attached hydrogen (secondary N) is 2. The van der Waals surface area contributed by atoms with Gasteiger partial charge in [-0.25, -0.2) is 4.98 Å². The summed E-state index contributed by atoms with van der Waals surface area (Å²) in [6.07, 6.45) is 11.7. The van der Waals surface area contributed by atoms with Crippen LogP contribution in [0.4, 0.5) is 0 Å². The lowest BCUT2D eigenvalue weighted by atomic mass is 9.90. The minimum atomic E-state index is -0.329. The summed E-state index contributed by atoms with van der Waals surface area (Å²) in [5.74, 6) is -0.329. The number of pyridine rings is 2. The van der Waals surface area contributed by atoms with Crippen molar-refractivity contribution in [1.82, 2.24) is 30.2 Å². The van der Waals surface area contributed by atoms with Crippen LogP contribution in [-0.4, -0.2) is 30.7 Å². The number of rotatable bonds is 8. The lowest BCUT2D eigenvalue weighted by Crippen LogP contribution is -2.31. The maximum absolute atomic E-state index is 12.6. The monoisotopic (exact) mass is 520 g/mol. The van der Waals surface area contributed by atoms with Crippen LogP contribution in [-0.2, 0) is 26.1 Å². The van der Waals surface area contributed by atoms with Gasteiger partial charge in [0.2, 0.25) is 0 Å². The van der Waals surface area contributed by atoms with Crippen molar-refractivity contribution >= 4 is 29.1 Å². The van der Waals surface area contributed by atoms with E-state index in [1.165, 1.54) is 29.2 Å². The molecule has 2 N–H and O–H groups in total. The van der Waals surface area contributed by atoms with Gasteiger partial charge in [0.05, 0.1) is 39.4 Å². The number of aryl methyl sites for hydroxylation is 1. The molecule has 1 aliphatic rings. The molecule has 36 heavy (non-hydrogen) atoms. The van der Waals surface area contributed by atoms with Crippen LogP contribution in [0.25, 0.3) is 0 Å². The molecule has 0 aliphatic heterocycles. The third kappa shape index (κ3) is 5.59. The quantitative estimate of drug-likeness (QED) is 0.319. The topological polar surface area (TPSA) is 86.8 Å². The second kappa shape index (κ2) is 11.2. The Hall–Kier alpha value is -3.26. The van der Waals surface area contributed by atoms with E-state index in [2.05, 4.69) is 43.4 Å². The molecule has 1 atom stereocenters. The van der Waals surface area contributed by atoms with E-state index in [-0.39, 0.29) is 27.6 Å². The Balaban J connectivity index is 1.29. The van der Waals surface area contributed by atoms with Crippen LogP contribution in [0.5, 0.6) is 0 Å². The predicted molar refractivity (Wildman–Crippen MR) is 140 cm³/mol. The number of carbonyl (C=O) groups is 1. The van der Waals surface area contributed by atoms with Crippen LogP contribution < -0.4 is 5.32 Å². The van der Waals surface area contributed by atoms with Crippen molar-refractivity contribution in [2.24, 2.45) is 0 Å². The molecule has 0 saturated carbocycles. The molecule has 0 bridgehead atoms. The van der Waals surface area contributed by atoms with Crippen molar-refractivity contribution in [1.29, 1.82) is 0 Å². The highest BCUT2D eigenvalue weighted by Crippen LogP contribution is 2.34. The molecule has 5 rings (SSSR count). The maximum Gasteiger partial charge on any atom is 0.254 e. The number of hydrogen-bond donors (Lipinski definition) is 2. The van der Waals surface area contributed by atoms with Gasteiger partial charge in [-0.05, 0) is 42.0 Å². The van der Waals surface area contributed by atoms with Crippen molar-refractivity contribution in [3.05, 3.63) is 111 Å². The number of amides is 1. The standard InChI is InChI=1S/C27H26Cl2N6O/c28-22-13-30-14-23(29)25(22)27(36)33-11-18-6-8-19(9-7-18)15-35(16-21-12-31-17-34-21)24-5-1-3-20-4-2-10-32-26(20)24/h2,4,6-10,12-14,17,24H,1,3,5,11,15-16H2,(H,31,34)(H,33,36). The molecule has 0 spiro atoms. The van der Waals surface area contributed by atoms with Gasteiger partial charge in [0.1, 0.15) is 0 Å². The number of aromatic nitrogens is 4. The fraction of sp³-hybridized carbons (Fsp3) is 0.259. The summed E-state index contributed by atoms with van der Waals surface area (Å²) in [7, 11) is 0. The molecule has 4 aromatic rings. The first-order chi connectivity index (χ1) is 17.6. The number of H-pyrrole nitrogens is 1. The second-order valence-corrected chi connectivity index (χ2v) is 9.71. The summed E-state index contributed by atoms with van der Waals surface area (Å²) >= 11 is 12.2. The molecule has 1 aromatic carbocycles. The van der Waals surface area contributed by atoms with Gasteiger partial charge < -0.3 is 10.3 Å². The zero-order valence-corrected chi connectivity index (χ0v) is 21.1. The predicted octanol–water partition coefficient (Wildman–Crippen LogP) is 5.52. The number of imidazole rings is 1. The van der Waals surface area contributed by atoms with E-state index in [4.69, 9.17) is 28.2 Å². The third-order valence-corrected chi connectivity index (χ3v) is 7.04. The molecule has 7 nitrogen and oxygen atoms in total. The Kier molecular flexibility index (Phi) is 7.60. The number of fused-ring (bicyclic) bond motifs is 1. The Morgan fingerprint density at radius 2 is 1.83 bits per heavy atom. The lowest BCUT2D eigenvalue weighted by molar-refractivity contribution is 0.0951. The molecule has 0 saturated heterocycles. The molecule has 184 valence electrons. The molecular weight excluding hydrogens is 495 g/mol. The first-order valence-electron chi connectivity index (χ1n) is 11.9. The molecule has 0 fully saturated rings. The van der Waals surface area contributed by atoms with E-state index in [0.29, 0.717) is 6.54 Å². The van der Waals surface area contributed by atoms with Gasteiger partial charge in [0.25, 0.3) is 5.91 Å². The van der Waals surface area contributed by atoms with Crippen molar-refractivity contribution in [3.8, 4) is 0 Å². The zero-order valence-electron chi connectivity index (χ0n) is 19.6. The molecule has 3 aromatic heterocycles. The van der Waals surface area contributed by atoms with E-state index in [1.807, 2.05) is 30.6 Å². The number of carbonyl (C=O) groups excluding carboxylic acids is 1. The van der Waals surface area contributed by atoms with Crippen molar-refractivity contribution < 1.29 is 4.79 Å². The van der Waals surface area contributed by atoms with E-state index >= 15 is 0 Å². The zero-order chi connectivity index (χ0) is 24.9. The summed E-state index contributed by atoms with van der Waals surface area (Å²) in [5.41, 5.74) is 5.92. The third-order valence-electron chi connectivity index (χ3n) is 6.47. The van der Waals surface area contributed by atoms with Crippen LogP contribution in [0.15, 0.2) is 67.5 Å². The minimum Gasteiger partial charge on any atom is -0.351 e. The van der Waals surface area contributed by atoms with Crippen molar-refractivity contribution in [2.45, 2.75) is 44.9 Å². The second-order valence-electron chi connectivity index (χ2n) is 8.90. The van der Waals surface area contributed by atoms with Crippen LogP contribution >= 0.6 is 23.2 Å². The van der Waals surface area contributed by atoms with E-state index in [0.717, 1.165) is 43.6 Å². The lowest BCUT2D eigenvalue weighted by Gasteiger charge is -2.34. The summed E-state index contributed by atoms with van der Waals surface area (Å²) in [6.45, 7) is 1.86. The highest BCUT2D eigenvalue weighted by Gasteiger charge is 2.27. The number of nitrogens with zero attached hydrogens (tertiary/aromatic N) is 4. The van der Waals surface area contributed by atoms with E-state index in [1.54, 1.807) is 6.33 Å². The summed E-state index contributed by atoms with van der Waals surface area (Å²) in [6, 6.07) is 12.7. The molecule has 1 unspecified atom stereocenters. The number of hydrogen-bond acceptors (Lipinski definition) is 5. The Morgan fingerprint density at radius 1 is 1.06 bits per heavy atom. The van der Waals surface area contributed by atoms with Gasteiger partial charge in [-0.3, -0.25) is 19.7 Å². The highest BCUT2D eigenvalue weighted by molar-refractivity contribution is 6.39. The Morgan fingerprint density at radius 3 is 2.58 bits per heavy atom. The first kappa shape index (κ1) is 24.4. The fourth-order valence-corrected chi connectivity index (χ4v) is 5.23. The first-order valence-corrected chi connectivity index (χ1v) is 12.6. The molecule has 3 heterocycles. The average Bonchev–Trinajstić information content (AvgIpc) is 3.41. The number of benzene rings is 1. The van der Waals surface area contributed by atoms with Crippen molar-refractivity contribution in [2.75, 3.05) is 0 Å². The molecular formula is C27H26Cl2N6O. The minimum absolute atomic E-state index is 0.228. The molecule has 1 amide bonds. The molecule has 0 radical (unpaired) electrons. The van der Waals surface area contributed by atoms with Crippen LogP contribution in [0.3, 0.4) is 0 Å². The molecule has 1 aliphatic carbocycles. The van der Waals surface area contributed by atoms with Crippen LogP contribution in [0.2, 0.25) is 10.0 Å². The van der Waals surface area contributed by atoms with Gasteiger partial charge in [0, 0.05) is 44.4 Å². The van der Waals surface area contributed by atoms with Crippen molar-refractivity contribution in [3.63, 3.8) is 0 Å². The number of aromatic amines is 1. The normalized spacial score (nSPS) is 15.0. The summed E-state index contributed by atoms with van der Waals surface area (Å²) < 4.78 is 0. The Bertz CT molecular complexity index is 1310. The van der Waals surface area contributed by atoms with E-state index in [9.17, 15) is 4.79 Å². The summed E-state index contributed by atoms with van der Waals surface area (Å²) in [5, 5.41) is 3.34. The average molecular weight is 521 g/mol. The fourth-order valence-electron chi connectivity index (χ4n) is 4.70. The van der Waals surface area contributed by atoms with E-state index < -0.39 is 0 Å².